The van der Waals surface area contributed by atoms with Gasteiger partial charge in [0.1, 0.15) is 5.84 Å². The second kappa shape index (κ2) is 3.96. The lowest BCUT2D eigenvalue weighted by Crippen LogP contribution is -2.10. The van der Waals surface area contributed by atoms with Gasteiger partial charge in [0.25, 0.3) is 0 Å². The van der Waals surface area contributed by atoms with Gasteiger partial charge in [-0.15, -0.1) is 23.1 Å². The molecule has 0 fully saturated rings. The minimum Gasteiger partial charge on any atom is -0.383 e. The van der Waals surface area contributed by atoms with Crippen LogP contribution in [0.3, 0.4) is 0 Å². The van der Waals surface area contributed by atoms with Crippen molar-refractivity contribution in [3.05, 3.63) is 16.5 Å². The lowest BCUT2D eigenvalue weighted by molar-refractivity contribution is 1.39. The van der Waals surface area contributed by atoms with Crippen LogP contribution >= 0.6 is 23.1 Å². The van der Waals surface area contributed by atoms with Gasteiger partial charge in [0.15, 0.2) is 0 Å². The highest BCUT2D eigenvalue weighted by atomic mass is 32.2. The Bertz CT molecular complexity index is 302. The number of aliphatic imine (C=N–C) groups is 1. The summed E-state index contributed by atoms with van der Waals surface area (Å²) >= 11 is 3.45. The van der Waals surface area contributed by atoms with Gasteiger partial charge >= 0.3 is 0 Å². The van der Waals surface area contributed by atoms with E-state index in [1.165, 1.54) is 9.77 Å². The number of hydrogen-bond acceptors (Lipinski definition) is 3. The van der Waals surface area contributed by atoms with Crippen molar-refractivity contribution in [1.82, 2.24) is 0 Å². The molecule has 0 atom stereocenters. The molecule has 0 saturated heterocycles. The number of amidine groups is 1. The Hall–Kier alpha value is -0.480. The highest BCUT2D eigenvalue weighted by Crippen LogP contribution is 2.29. The zero-order valence-electron chi connectivity index (χ0n) is 7.42. The average molecular weight is 200 g/mol. The van der Waals surface area contributed by atoms with Crippen LogP contribution in [-0.4, -0.2) is 19.1 Å². The second-order valence-corrected chi connectivity index (χ2v) is 4.52. The predicted octanol–water partition coefficient (Wildman–Crippen LogP) is 2.11. The van der Waals surface area contributed by atoms with Crippen molar-refractivity contribution in [2.24, 2.45) is 10.7 Å². The van der Waals surface area contributed by atoms with Gasteiger partial charge in [-0.25, -0.2) is 0 Å². The Labute approximate surface area is 80.9 Å². The van der Waals surface area contributed by atoms with Crippen molar-refractivity contribution in [3.63, 3.8) is 0 Å². The summed E-state index contributed by atoms with van der Waals surface area (Å²) in [7, 11) is 1.71. The molecule has 12 heavy (non-hydrogen) atoms. The number of thioether (sulfide) groups is 1. The van der Waals surface area contributed by atoms with Crippen LogP contribution in [-0.2, 0) is 0 Å². The van der Waals surface area contributed by atoms with Crippen molar-refractivity contribution in [2.75, 3.05) is 13.3 Å². The first-order valence-electron chi connectivity index (χ1n) is 3.56. The second-order valence-electron chi connectivity index (χ2n) is 2.39. The minimum absolute atomic E-state index is 0.628. The molecule has 1 rings (SSSR count). The molecular formula is C8H12N2S2. The first-order chi connectivity index (χ1) is 5.69. The highest BCUT2D eigenvalue weighted by Gasteiger charge is 2.06. The number of hydrogen-bond donors (Lipinski definition) is 1. The average Bonchev–Trinajstić information content (AvgIpc) is 2.45. The molecule has 0 spiro atoms. The zero-order chi connectivity index (χ0) is 9.14. The first-order valence-corrected chi connectivity index (χ1v) is 5.60. The lowest BCUT2D eigenvalue weighted by Gasteiger charge is -1.91. The van der Waals surface area contributed by atoms with Gasteiger partial charge in [-0.2, -0.15) is 0 Å². The molecule has 0 unspecified atom stereocenters. The molecular weight excluding hydrogens is 188 g/mol. The monoisotopic (exact) mass is 200 g/mol. The Morgan fingerprint density at radius 3 is 2.75 bits per heavy atom. The maximum absolute atomic E-state index is 5.68. The largest absolute Gasteiger partial charge is 0.383 e. The van der Waals surface area contributed by atoms with E-state index in [-0.39, 0.29) is 0 Å². The molecule has 1 aromatic rings. The van der Waals surface area contributed by atoms with Crippen LogP contribution in [0.2, 0.25) is 0 Å². The van der Waals surface area contributed by atoms with Crippen molar-refractivity contribution < 1.29 is 0 Å². The number of rotatable bonds is 2. The summed E-state index contributed by atoms with van der Waals surface area (Å²) in [5, 5.41) is 0. The molecule has 0 radical (unpaired) electrons. The summed E-state index contributed by atoms with van der Waals surface area (Å²) in [6.45, 7) is 2.09. The van der Waals surface area contributed by atoms with Crippen molar-refractivity contribution >= 4 is 28.9 Å². The molecule has 0 amide bonds. The van der Waals surface area contributed by atoms with Crippen molar-refractivity contribution in [2.45, 2.75) is 11.1 Å². The molecule has 0 bridgehead atoms. The number of nitrogens with zero attached hydrogens (tertiary/aromatic N) is 1. The van der Waals surface area contributed by atoms with Crippen LogP contribution in [0.4, 0.5) is 0 Å². The van der Waals surface area contributed by atoms with Crippen molar-refractivity contribution in [1.29, 1.82) is 0 Å². The summed E-state index contributed by atoms with van der Waals surface area (Å²) in [6, 6.07) is 2.08. The molecule has 0 aliphatic rings. The standard InChI is InChI=1S/C8H12N2S2/c1-5-4-6(7(9)10-2)12-8(5)11-3/h4H,1-3H3,(H2,9,10). The summed E-state index contributed by atoms with van der Waals surface area (Å²) in [4.78, 5) is 5.01. The molecule has 2 nitrogen and oxygen atoms in total. The molecule has 0 aliphatic carbocycles. The molecule has 0 saturated carbocycles. The van der Waals surface area contributed by atoms with Crippen LogP contribution in [0.25, 0.3) is 0 Å². The van der Waals surface area contributed by atoms with Crippen LogP contribution in [0.5, 0.6) is 0 Å². The van der Waals surface area contributed by atoms with Crippen LogP contribution < -0.4 is 5.73 Å². The van der Waals surface area contributed by atoms with Crippen molar-refractivity contribution in [3.8, 4) is 0 Å². The molecule has 1 heterocycles. The molecule has 1 aromatic heterocycles. The summed E-state index contributed by atoms with van der Waals surface area (Å²) in [5.74, 6) is 0.628. The molecule has 66 valence electrons. The zero-order valence-corrected chi connectivity index (χ0v) is 9.05. The summed E-state index contributed by atoms with van der Waals surface area (Å²) in [6.07, 6.45) is 2.07. The quantitative estimate of drug-likeness (QED) is 0.451. The van der Waals surface area contributed by atoms with Gasteiger partial charge in [0.2, 0.25) is 0 Å². The van der Waals surface area contributed by atoms with Gasteiger partial charge in [0, 0.05) is 7.05 Å². The predicted molar refractivity (Wildman–Crippen MR) is 57.5 cm³/mol. The van der Waals surface area contributed by atoms with Crippen LogP contribution in [0.15, 0.2) is 15.3 Å². The van der Waals surface area contributed by atoms with Crippen LogP contribution in [0.1, 0.15) is 10.4 Å². The molecule has 0 aromatic carbocycles. The van der Waals surface area contributed by atoms with E-state index in [4.69, 9.17) is 5.73 Å². The smallest absolute Gasteiger partial charge is 0.135 e. The maximum Gasteiger partial charge on any atom is 0.135 e. The number of aryl methyl sites for hydroxylation is 1. The van der Waals surface area contributed by atoms with Gasteiger partial charge < -0.3 is 5.73 Å². The topological polar surface area (TPSA) is 38.4 Å². The lowest BCUT2D eigenvalue weighted by atomic mass is 10.3. The van der Waals surface area contributed by atoms with E-state index >= 15 is 0 Å². The minimum atomic E-state index is 0.628. The SMILES string of the molecule is CN=C(N)c1cc(C)c(SC)s1. The first kappa shape index (κ1) is 9.61. The molecule has 4 heteroatoms. The van der Waals surface area contributed by atoms with E-state index in [0.29, 0.717) is 5.84 Å². The third-order valence-corrected chi connectivity index (χ3v) is 4.05. The van der Waals surface area contributed by atoms with Gasteiger partial charge in [-0.05, 0) is 24.8 Å². The number of thiophene rings is 1. The Morgan fingerprint density at radius 2 is 2.33 bits per heavy atom. The Morgan fingerprint density at radius 1 is 1.67 bits per heavy atom. The Kier molecular flexibility index (Phi) is 3.17. The van der Waals surface area contributed by atoms with E-state index in [9.17, 15) is 0 Å². The fourth-order valence-electron chi connectivity index (χ4n) is 0.904. The molecule has 2 N–H and O–H groups in total. The molecule has 0 aliphatic heterocycles. The van der Waals surface area contributed by atoms with E-state index in [1.54, 1.807) is 30.1 Å². The third kappa shape index (κ3) is 1.81. The third-order valence-electron chi connectivity index (χ3n) is 1.55. The highest BCUT2D eigenvalue weighted by molar-refractivity contribution is 8.00. The fraction of sp³-hybridized carbons (Fsp3) is 0.375. The van der Waals surface area contributed by atoms with Gasteiger partial charge in [-0.1, -0.05) is 0 Å². The van der Waals surface area contributed by atoms with E-state index in [1.807, 2.05) is 0 Å². The number of nitrogens with two attached hydrogens (primary N) is 1. The van der Waals surface area contributed by atoms with E-state index in [2.05, 4.69) is 24.2 Å². The summed E-state index contributed by atoms with van der Waals surface area (Å²) in [5.41, 5.74) is 6.97. The van der Waals surface area contributed by atoms with Gasteiger partial charge in [0.05, 0.1) is 9.09 Å². The van der Waals surface area contributed by atoms with Gasteiger partial charge in [-0.3, -0.25) is 4.99 Å². The van der Waals surface area contributed by atoms with Crippen LogP contribution in [0, 0.1) is 6.92 Å². The van der Waals surface area contributed by atoms with E-state index < -0.39 is 0 Å². The Balaban J connectivity index is 3.04. The maximum atomic E-state index is 5.68. The normalized spacial score (nSPS) is 12.1. The fourth-order valence-corrected chi connectivity index (χ4v) is 2.74. The summed E-state index contributed by atoms with van der Waals surface area (Å²) < 4.78 is 1.32. The van der Waals surface area contributed by atoms with E-state index in [0.717, 1.165) is 4.88 Å².